The number of H-pyrrole nitrogens is 1. The van der Waals surface area contributed by atoms with E-state index in [1.54, 1.807) is 6.26 Å². The van der Waals surface area contributed by atoms with Crippen LogP contribution in [0.2, 0.25) is 0 Å². The van der Waals surface area contributed by atoms with Gasteiger partial charge in [0.15, 0.2) is 5.65 Å². The lowest BCUT2D eigenvalue weighted by Gasteiger charge is -1.99. The van der Waals surface area contributed by atoms with Crippen molar-refractivity contribution in [2.45, 2.75) is 6.92 Å². The van der Waals surface area contributed by atoms with E-state index in [9.17, 15) is 0 Å². The molecule has 1 aromatic carbocycles. The van der Waals surface area contributed by atoms with Gasteiger partial charge in [-0.1, -0.05) is 18.2 Å². The number of ether oxygens (including phenoxy) is 1. The monoisotopic (exact) mass is 279 g/mol. The summed E-state index contributed by atoms with van der Waals surface area (Å²) < 4.78 is 11.0. The van der Waals surface area contributed by atoms with Crippen LogP contribution in [0.25, 0.3) is 33.5 Å². The van der Waals surface area contributed by atoms with E-state index in [1.165, 1.54) is 0 Å². The molecule has 3 heterocycles. The Morgan fingerprint density at radius 1 is 1.14 bits per heavy atom. The summed E-state index contributed by atoms with van der Waals surface area (Å²) in [7, 11) is 0. The van der Waals surface area contributed by atoms with E-state index in [1.807, 2.05) is 43.3 Å². The van der Waals surface area contributed by atoms with Gasteiger partial charge in [-0.2, -0.15) is 4.98 Å². The molecule has 0 bridgehead atoms. The first-order valence-corrected chi connectivity index (χ1v) is 6.81. The Hall–Kier alpha value is -2.82. The van der Waals surface area contributed by atoms with Crippen LogP contribution >= 0.6 is 0 Å². The zero-order valence-corrected chi connectivity index (χ0v) is 11.5. The summed E-state index contributed by atoms with van der Waals surface area (Å²) in [6, 6.07) is 11.6. The van der Waals surface area contributed by atoms with Crippen molar-refractivity contribution in [3.63, 3.8) is 0 Å². The van der Waals surface area contributed by atoms with Gasteiger partial charge in [0.25, 0.3) is 0 Å². The molecule has 0 fully saturated rings. The summed E-state index contributed by atoms with van der Waals surface area (Å²) in [6.07, 6.45) is 1.71. The second-order valence-corrected chi connectivity index (χ2v) is 4.68. The van der Waals surface area contributed by atoms with Gasteiger partial charge in [-0.05, 0) is 19.1 Å². The Kier molecular flexibility index (Phi) is 2.64. The number of nitrogens with zero attached hydrogens (tertiary/aromatic N) is 2. The largest absolute Gasteiger partial charge is 0.478 e. The van der Waals surface area contributed by atoms with Gasteiger partial charge in [0.05, 0.1) is 17.7 Å². The topological polar surface area (TPSA) is 63.9 Å². The second kappa shape index (κ2) is 4.63. The van der Waals surface area contributed by atoms with Gasteiger partial charge in [-0.3, -0.25) is 0 Å². The van der Waals surface area contributed by atoms with Gasteiger partial charge >= 0.3 is 0 Å². The van der Waals surface area contributed by atoms with Crippen LogP contribution in [0.3, 0.4) is 0 Å². The van der Waals surface area contributed by atoms with E-state index in [0.29, 0.717) is 18.1 Å². The molecule has 0 unspecified atom stereocenters. The number of imidazole rings is 1. The normalized spacial score (nSPS) is 11.3. The van der Waals surface area contributed by atoms with E-state index in [0.717, 1.165) is 27.9 Å². The van der Waals surface area contributed by atoms with E-state index >= 15 is 0 Å². The summed E-state index contributed by atoms with van der Waals surface area (Å²) in [5.74, 6) is 1.33. The predicted octanol–water partition coefficient (Wildman–Crippen LogP) is 3.77. The molecule has 104 valence electrons. The maximum Gasteiger partial charge on any atom is 0.215 e. The van der Waals surface area contributed by atoms with Crippen molar-refractivity contribution in [3.05, 3.63) is 42.7 Å². The van der Waals surface area contributed by atoms with Crippen molar-refractivity contribution in [2.24, 2.45) is 0 Å². The van der Waals surface area contributed by atoms with Crippen LogP contribution in [0, 0.1) is 0 Å². The minimum absolute atomic E-state index is 0.583. The standard InChI is InChI=1S/C16H13N3O2/c1-2-20-14-8-7-12-16(18-14)19-15(17-12)11-9-21-13-6-4-3-5-10(11)13/h3-9H,2H2,1H3,(H,17,18,19). The maximum atomic E-state index is 5.56. The lowest BCUT2D eigenvalue weighted by atomic mass is 10.2. The number of aromatic nitrogens is 3. The fourth-order valence-electron chi connectivity index (χ4n) is 2.39. The van der Waals surface area contributed by atoms with E-state index in [2.05, 4.69) is 15.0 Å². The van der Waals surface area contributed by atoms with Crippen molar-refractivity contribution < 1.29 is 9.15 Å². The van der Waals surface area contributed by atoms with Crippen LogP contribution in [0.1, 0.15) is 6.92 Å². The highest BCUT2D eigenvalue weighted by Crippen LogP contribution is 2.29. The van der Waals surface area contributed by atoms with Gasteiger partial charge < -0.3 is 14.1 Å². The van der Waals surface area contributed by atoms with Gasteiger partial charge in [-0.15, -0.1) is 0 Å². The molecule has 0 aliphatic rings. The highest BCUT2D eigenvalue weighted by atomic mass is 16.5. The Labute approximate surface area is 120 Å². The number of hydrogen-bond donors (Lipinski definition) is 1. The molecular weight excluding hydrogens is 266 g/mol. The van der Waals surface area contributed by atoms with Crippen molar-refractivity contribution in [1.29, 1.82) is 0 Å². The fraction of sp³-hybridized carbons (Fsp3) is 0.125. The number of hydrogen-bond acceptors (Lipinski definition) is 4. The molecule has 0 amide bonds. The van der Waals surface area contributed by atoms with Crippen molar-refractivity contribution in [3.8, 4) is 17.3 Å². The summed E-state index contributed by atoms with van der Waals surface area (Å²) in [4.78, 5) is 12.2. The van der Waals surface area contributed by atoms with Gasteiger partial charge in [0.2, 0.25) is 5.88 Å². The zero-order valence-electron chi connectivity index (χ0n) is 11.5. The SMILES string of the molecule is CCOc1ccc2[nH]c(-c3coc4ccccc34)nc2n1. The quantitative estimate of drug-likeness (QED) is 0.620. The predicted molar refractivity (Wildman–Crippen MR) is 80.3 cm³/mol. The van der Waals surface area contributed by atoms with Crippen molar-refractivity contribution >= 4 is 22.1 Å². The third-order valence-corrected chi connectivity index (χ3v) is 3.35. The molecule has 0 aliphatic carbocycles. The van der Waals surface area contributed by atoms with Crippen molar-refractivity contribution in [1.82, 2.24) is 15.0 Å². The number of fused-ring (bicyclic) bond motifs is 2. The van der Waals surface area contributed by atoms with E-state index < -0.39 is 0 Å². The molecule has 0 spiro atoms. The fourth-order valence-corrected chi connectivity index (χ4v) is 2.39. The molecule has 0 saturated carbocycles. The molecule has 4 aromatic rings. The minimum Gasteiger partial charge on any atom is -0.478 e. The lowest BCUT2D eigenvalue weighted by Crippen LogP contribution is -1.93. The van der Waals surface area contributed by atoms with Crippen LogP contribution < -0.4 is 4.74 Å². The summed E-state index contributed by atoms with van der Waals surface area (Å²) >= 11 is 0. The van der Waals surface area contributed by atoms with Crippen LogP contribution in [0.5, 0.6) is 5.88 Å². The highest BCUT2D eigenvalue weighted by molar-refractivity contribution is 5.93. The minimum atomic E-state index is 0.583. The first-order valence-electron chi connectivity index (χ1n) is 6.81. The third kappa shape index (κ3) is 1.94. The van der Waals surface area contributed by atoms with E-state index in [4.69, 9.17) is 9.15 Å². The van der Waals surface area contributed by atoms with Crippen LogP contribution in [-0.2, 0) is 0 Å². The number of pyridine rings is 1. The second-order valence-electron chi connectivity index (χ2n) is 4.68. The smallest absolute Gasteiger partial charge is 0.215 e. The number of benzene rings is 1. The molecule has 1 N–H and O–H groups in total. The average molecular weight is 279 g/mol. The van der Waals surface area contributed by atoms with Gasteiger partial charge in [-0.25, -0.2) is 4.98 Å². The first-order chi connectivity index (χ1) is 10.3. The van der Waals surface area contributed by atoms with Gasteiger partial charge in [0.1, 0.15) is 17.7 Å². The van der Waals surface area contributed by atoms with Crippen LogP contribution in [0.4, 0.5) is 0 Å². The van der Waals surface area contributed by atoms with Crippen molar-refractivity contribution in [2.75, 3.05) is 6.61 Å². The van der Waals surface area contributed by atoms with E-state index in [-0.39, 0.29) is 0 Å². The molecule has 0 radical (unpaired) electrons. The summed E-state index contributed by atoms with van der Waals surface area (Å²) in [5, 5.41) is 1.03. The summed E-state index contributed by atoms with van der Waals surface area (Å²) in [6.45, 7) is 2.52. The molecule has 21 heavy (non-hydrogen) atoms. The van der Waals surface area contributed by atoms with Crippen LogP contribution in [0.15, 0.2) is 47.1 Å². The number of nitrogens with one attached hydrogen (secondary N) is 1. The number of para-hydroxylation sites is 1. The molecule has 0 atom stereocenters. The Morgan fingerprint density at radius 2 is 2.05 bits per heavy atom. The molecule has 3 aromatic heterocycles. The molecule has 0 saturated heterocycles. The average Bonchev–Trinajstić information content (AvgIpc) is 3.10. The highest BCUT2D eigenvalue weighted by Gasteiger charge is 2.12. The Bertz CT molecular complexity index is 923. The Balaban J connectivity index is 1.86. The lowest BCUT2D eigenvalue weighted by molar-refractivity contribution is 0.328. The first kappa shape index (κ1) is 12.0. The number of furan rings is 1. The van der Waals surface area contributed by atoms with Gasteiger partial charge in [0, 0.05) is 11.5 Å². The molecule has 0 aliphatic heterocycles. The third-order valence-electron chi connectivity index (χ3n) is 3.35. The van der Waals surface area contributed by atoms with Crippen LogP contribution in [-0.4, -0.2) is 21.6 Å². The molecular formula is C16H13N3O2. The molecule has 5 nitrogen and oxygen atoms in total. The Morgan fingerprint density at radius 3 is 2.95 bits per heavy atom. The number of rotatable bonds is 3. The molecule has 4 rings (SSSR count). The number of aromatic amines is 1. The zero-order chi connectivity index (χ0) is 14.2. The molecule has 5 heteroatoms. The maximum absolute atomic E-state index is 5.56. The summed E-state index contributed by atoms with van der Waals surface area (Å²) in [5.41, 5.74) is 3.29.